The van der Waals surface area contributed by atoms with Crippen molar-refractivity contribution in [2.45, 2.75) is 0 Å². The van der Waals surface area contributed by atoms with Crippen LogP contribution in [0.2, 0.25) is 0 Å². The van der Waals surface area contributed by atoms with Crippen LogP contribution in [0.15, 0.2) is 37.7 Å². The summed E-state index contributed by atoms with van der Waals surface area (Å²) < 4.78 is 0. The van der Waals surface area contributed by atoms with Crippen LogP contribution in [0.1, 0.15) is 0 Å². The predicted molar refractivity (Wildman–Crippen MR) is 59.1 cm³/mol. The second-order valence-electron chi connectivity index (χ2n) is 2.78. The van der Waals surface area contributed by atoms with Gasteiger partial charge < -0.3 is 10.6 Å². The highest BCUT2D eigenvalue weighted by molar-refractivity contribution is 5.40. The first-order chi connectivity index (χ1) is 6.77. The Bertz CT molecular complexity index is 294. The Balaban J connectivity index is 2.80. The number of nitrogen functional groups attached to an aromatic ring is 1. The summed E-state index contributed by atoms with van der Waals surface area (Å²) in [4.78, 5) is 10.1. The maximum absolute atomic E-state index is 5.44. The first-order valence-corrected chi connectivity index (χ1v) is 4.32. The number of nitrogens with two attached hydrogens (primary N) is 1. The SMILES string of the molecule is C=CCN(CC=C)c1cnc(N)cn1. The molecule has 0 fully saturated rings. The Labute approximate surface area is 83.8 Å². The molecule has 0 aliphatic carbocycles. The second-order valence-corrected chi connectivity index (χ2v) is 2.78. The van der Waals surface area contributed by atoms with E-state index in [0.717, 1.165) is 5.82 Å². The average molecular weight is 190 g/mol. The van der Waals surface area contributed by atoms with E-state index in [-0.39, 0.29) is 0 Å². The molecule has 1 heterocycles. The second kappa shape index (κ2) is 5.01. The summed E-state index contributed by atoms with van der Waals surface area (Å²) in [6.45, 7) is 8.78. The Kier molecular flexibility index (Phi) is 3.67. The zero-order valence-electron chi connectivity index (χ0n) is 8.06. The summed E-state index contributed by atoms with van der Waals surface area (Å²) in [7, 11) is 0. The van der Waals surface area contributed by atoms with Gasteiger partial charge in [0.15, 0.2) is 0 Å². The maximum atomic E-state index is 5.44. The van der Waals surface area contributed by atoms with Gasteiger partial charge in [0.25, 0.3) is 0 Å². The van der Waals surface area contributed by atoms with E-state index in [1.165, 1.54) is 6.20 Å². The number of aromatic nitrogens is 2. The molecule has 0 bridgehead atoms. The molecule has 0 amide bonds. The van der Waals surface area contributed by atoms with Gasteiger partial charge in [0.1, 0.15) is 11.6 Å². The molecule has 0 saturated heterocycles. The van der Waals surface area contributed by atoms with Crippen LogP contribution in [0.3, 0.4) is 0 Å². The van der Waals surface area contributed by atoms with Crippen molar-refractivity contribution in [3.63, 3.8) is 0 Å². The van der Waals surface area contributed by atoms with Crippen molar-refractivity contribution in [2.75, 3.05) is 23.7 Å². The quantitative estimate of drug-likeness (QED) is 0.710. The first-order valence-electron chi connectivity index (χ1n) is 4.32. The van der Waals surface area contributed by atoms with Crippen LogP contribution in [0.4, 0.5) is 11.6 Å². The lowest BCUT2D eigenvalue weighted by molar-refractivity contribution is 0.918. The van der Waals surface area contributed by atoms with Crippen molar-refractivity contribution in [1.29, 1.82) is 0 Å². The molecule has 0 radical (unpaired) electrons. The Morgan fingerprint density at radius 2 is 1.86 bits per heavy atom. The molecule has 2 N–H and O–H groups in total. The highest BCUT2D eigenvalue weighted by Gasteiger charge is 2.03. The summed E-state index contributed by atoms with van der Waals surface area (Å²) in [6, 6.07) is 0. The van der Waals surface area contributed by atoms with Crippen molar-refractivity contribution >= 4 is 11.6 Å². The van der Waals surface area contributed by atoms with Crippen LogP contribution in [-0.2, 0) is 0 Å². The molecule has 0 aliphatic rings. The van der Waals surface area contributed by atoms with Crippen molar-refractivity contribution in [1.82, 2.24) is 9.97 Å². The van der Waals surface area contributed by atoms with E-state index < -0.39 is 0 Å². The zero-order valence-corrected chi connectivity index (χ0v) is 8.06. The lowest BCUT2D eigenvalue weighted by atomic mass is 10.4. The molecule has 74 valence electrons. The van der Waals surface area contributed by atoms with Crippen molar-refractivity contribution < 1.29 is 0 Å². The summed E-state index contributed by atoms with van der Waals surface area (Å²) in [5.74, 6) is 1.20. The Morgan fingerprint density at radius 1 is 1.21 bits per heavy atom. The number of anilines is 2. The molecule has 0 spiro atoms. The van der Waals surface area contributed by atoms with Gasteiger partial charge in [-0.1, -0.05) is 12.2 Å². The minimum atomic E-state index is 0.422. The molecule has 0 saturated carbocycles. The van der Waals surface area contributed by atoms with Gasteiger partial charge in [0, 0.05) is 13.1 Å². The van der Waals surface area contributed by atoms with Gasteiger partial charge in [0.05, 0.1) is 12.4 Å². The van der Waals surface area contributed by atoms with E-state index in [0.29, 0.717) is 18.9 Å². The smallest absolute Gasteiger partial charge is 0.147 e. The van der Waals surface area contributed by atoms with Crippen LogP contribution in [0.5, 0.6) is 0 Å². The Morgan fingerprint density at radius 3 is 2.29 bits per heavy atom. The van der Waals surface area contributed by atoms with Crippen molar-refractivity contribution in [2.24, 2.45) is 0 Å². The van der Waals surface area contributed by atoms with E-state index in [9.17, 15) is 0 Å². The zero-order chi connectivity index (χ0) is 10.4. The largest absolute Gasteiger partial charge is 0.382 e. The monoisotopic (exact) mass is 190 g/mol. The van der Waals surface area contributed by atoms with Gasteiger partial charge in [-0.25, -0.2) is 9.97 Å². The van der Waals surface area contributed by atoms with Crippen LogP contribution < -0.4 is 10.6 Å². The molecular weight excluding hydrogens is 176 g/mol. The minimum Gasteiger partial charge on any atom is -0.382 e. The summed E-state index contributed by atoms with van der Waals surface area (Å²) >= 11 is 0. The van der Waals surface area contributed by atoms with Gasteiger partial charge >= 0.3 is 0 Å². The molecule has 0 aliphatic heterocycles. The lowest BCUT2D eigenvalue weighted by Crippen LogP contribution is -2.24. The topological polar surface area (TPSA) is 55.0 Å². The fraction of sp³-hybridized carbons (Fsp3) is 0.200. The third-order valence-corrected chi connectivity index (χ3v) is 1.68. The van der Waals surface area contributed by atoms with E-state index in [2.05, 4.69) is 23.1 Å². The fourth-order valence-corrected chi connectivity index (χ4v) is 1.07. The molecule has 1 rings (SSSR count). The third kappa shape index (κ3) is 2.58. The molecule has 0 unspecified atom stereocenters. The number of rotatable bonds is 5. The maximum Gasteiger partial charge on any atom is 0.147 e. The normalized spacial score (nSPS) is 9.43. The van der Waals surface area contributed by atoms with Gasteiger partial charge in [-0.05, 0) is 0 Å². The molecule has 4 heteroatoms. The minimum absolute atomic E-state index is 0.422. The molecule has 0 atom stereocenters. The molecule has 0 aromatic carbocycles. The molecule has 1 aromatic heterocycles. The fourth-order valence-electron chi connectivity index (χ4n) is 1.07. The number of hydrogen-bond donors (Lipinski definition) is 1. The van der Waals surface area contributed by atoms with E-state index in [1.807, 2.05) is 17.1 Å². The summed E-state index contributed by atoms with van der Waals surface area (Å²) in [6.07, 6.45) is 6.79. The molecular formula is C10H14N4. The number of nitrogens with zero attached hydrogens (tertiary/aromatic N) is 3. The number of hydrogen-bond acceptors (Lipinski definition) is 4. The van der Waals surface area contributed by atoms with Gasteiger partial charge in [-0.2, -0.15) is 0 Å². The summed E-state index contributed by atoms with van der Waals surface area (Å²) in [5, 5.41) is 0. The Hall–Kier alpha value is -1.84. The summed E-state index contributed by atoms with van der Waals surface area (Å²) in [5.41, 5.74) is 5.44. The van der Waals surface area contributed by atoms with E-state index in [1.54, 1.807) is 6.20 Å². The molecule has 14 heavy (non-hydrogen) atoms. The lowest BCUT2D eigenvalue weighted by Gasteiger charge is -2.19. The van der Waals surface area contributed by atoms with Crippen LogP contribution in [-0.4, -0.2) is 23.1 Å². The molecule has 4 nitrogen and oxygen atoms in total. The first kappa shape index (κ1) is 10.2. The van der Waals surface area contributed by atoms with Gasteiger partial charge in [-0.3, -0.25) is 0 Å². The van der Waals surface area contributed by atoms with Gasteiger partial charge in [-0.15, -0.1) is 13.2 Å². The molecule has 1 aromatic rings. The van der Waals surface area contributed by atoms with E-state index in [4.69, 9.17) is 5.73 Å². The standard InChI is InChI=1S/C10H14N4/c1-3-5-14(6-4-2)10-8-12-9(11)7-13-10/h3-4,7-8H,1-2,5-6H2,(H2,11,12). The van der Waals surface area contributed by atoms with Crippen molar-refractivity contribution in [3.8, 4) is 0 Å². The predicted octanol–water partition coefficient (Wildman–Crippen LogP) is 1.24. The average Bonchev–Trinajstić information content (AvgIpc) is 2.19. The highest BCUT2D eigenvalue weighted by atomic mass is 15.2. The third-order valence-electron chi connectivity index (χ3n) is 1.68. The van der Waals surface area contributed by atoms with Crippen LogP contribution >= 0.6 is 0 Å². The van der Waals surface area contributed by atoms with Crippen LogP contribution in [0.25, 0.3) is 0 Å². The van der Waals surface area contributed by atoms with Gasteiger partial charge in [0.2, 0.25) is 0 Å². The van der Waals surface area contributed by atoms with Crippen molar-refractivity contribution in [3.05, 3.63) is 37.7 Å². The van der Waals surface area contributed by atoms with Crippen LogP contribution in [0, 0.1) is 0 Å². The van der Waals surface area contributed by atoms with E-state index >= 15 is 0 Å². The highest BCUT2D eigenvalue weighted by Crippen LogP contribution is 2.09.